The molecule has 1 aromatic rings. The van der Waals surface area contributed by atoms with Crippen molar-refractivity contribution < 1.29 is 4.79 Å². The van der Waals surface area contributed by atoms with Crippen LogP contribution < -0.4 is 11.1 Å². The van der Waals surface area contributed by atoms with Gasteiger partial charge in [-0.05, 0) is 25.5 Å². The Morgan fingerprint density at radius 1 is 1.47 bits per heavy atom. The maximum Gasteiger partial charge on any atom is 0.233 e. The molecule has 0 aliphatic rings. The molecule has 106 valence electrons. The van der Waals surface area contributed by atoms with Gasteiger partial charge in [0.05, 0.1) is 10.3 Å². The van der Waals surface area contributed by atoms with Gasteiger partial charge < -0.3 is 11.1 Å². The minimum absolute atomic E-state index is 0.0282. The zero-order chi connectivity index (χ0) is 14.3. The van der Waals surface area contributed by atoms with Crippen molar-refractivity contribution in [2.75, 3.05) is 12.3 Å². The minimum atomic E-state index is -0.205. The predicted octanol–water partition coefficient (Wildman–Crippen LogP) is 3.71. The number of anilines is 1. The smallest absolute Gasteiger partial charge is 0.233 e. The Morgan fingerprint density at radius 2 is 2.21 bits per heavy atom. The normalized spacial score (nSPS) is 12.2. The molecule has 1 unspecified atom stereocenters. The van der Waals surface area contributed by atoms with E-state index in [4.69, 9.17) is 17.3 Å². The zero-order valence-electron chi connectivity index (χ0n) is 11.4. The molecule has 0 spiro atoms. The molecule has 0 aromatic heterocycles. The molecule has 0 bridgehead atoms. The Kier molecular flexibility index (Phi) is 7.10. The van der Waals surface area contributed by atoms with Crippen LogP contribution in [-0.4, -0.2) is 17.7 Å². The topological polar surface area (TPSA) is 55.1 Å². The number of carbonyl (C=O) groups is 1. The quantitative estimate of drug-likeness (QED) is 0.458. The van der Waals surface area contributed by atoms with Gasteiger partial charge in [0, 0.05) is 17.1 Å². The summed E-state index contributed by atoms with van der Waals surface area (Å²) in [5.41, 5.74) is 6.49. The second-order valence-electron chi connectivity index (χ2n) is 4.42. The molecule has 1 aromatic carbocycles. The second-order valence-corrected chi connectivity index (χ2v) is 6.17. The molecule has 0 radical (unpaired) electrons. The monoisotopic (exact) mass is 300 g/mol. The van der Waals surface area contributed by atoms with Crippen LogP contribution in [0.15, 0.2) is 23.1 Å². The van der Waals surface area contributed by atoms with Gasteiger partial charge in [-0.1, -0.05) is 37.4 Å². The van der Waals surface area contributed by atoms with Crippen LogP contribution in [0.5, 0.6) is 0 Å². The van der Waals surface area contributed by atoms with Gasteiger partial charge >= 0.3 is 0 Å². The molecule has 0 fully saturated rings. The van der Waals surface area contributed by atoms with Gasteiger partial charge in [-0.2, -0.15) is 0 Å². The summed E-state index contributed by atoms with van der Waals surface area (Å²) in [6, 6.07) is 5.38. The van der Waals surface area contributed by atoms with Crippen LogP contribution in [0.2, 0.25) is 5.02 Å². The molecule has 0 heterocycles. The van der Waals surface area contributed by atoms with Crippen LogP contribution in [0.1, 0.15) is 33.1 Å². The molecule has 3 N–H and O–H groups in total. The van der Waals surface area contributed by atoms with E-state index in [0.717, 1.165) is 30.7 Å². The van der Waals surface area contributed by atoms with Gasteiger partial charge in [0.25, 0.3) is 0 Å². The number of hydrogen-bond acceptors (Lipinski definition) is 3. The summed E-state index contributed by atoms with van der Waals surface area (Å²) in [5.74, 6) is 0.0282. The Morgan fingerprint density at radius 3 is 2.84 bits per heavy atom. The van der Waals surface area contributed by atoms with Crippen LogP contribution in [0.3, 0.4) is 0 Å². The van der Waals surface area contributed by atoms with Crippen molar-refractivity contribution in [3.63, 3.8) is 0 Å². The number of halogens is 1. The number of hydrogen-bond donors (Lipinski definition) is 2. The van der Waals surface area contributed by atoms with E-state index in [1.54, 1.807) is 18.2 Å². The van der Waals surface area contributed by atoms with E-state index < -0.39 is 0 Å². The predicted molar refractivity (Wildman–Crippen MR) is 83.7 cm³/mol. The standard InChI is InChI=1S/C14H21ClN2OS/c1-3-4-5-9-17-14(18)10(2)19-13-11(15)7-6-8-12(13)16/h6-8,10H,3-5,9,16H2,1-2H3,(H,17,18). The molecule has 3 nitrogen and oxygen atoms in total. The molecule has 1 amide bonds. The van der Waals surface area contributed by atoms with Crippen molar-refractivity contribution in [2.45, 2.75) is 43.3 Å². The summed E-state index contributed by atoms with van der Waals surface area (Å²) in [6.45, 7) is 4.73. The lowest BCUT2D eigenvalue weighted by Gasteiger charge is -2.14. The summed E-state index contributed by atoms with van der Waals surface area (Å²) < 4.78 is 0. The van der Waals surface area contributed by atoms with E-state index in [1.807, 2.05) is 6.92 Å². The third kappa shape index (κ3) is 5.33. The average Bonchev–Trinajstić information content (AvgIpc) is 2.38. The highest BCUT2D eigenvalue weighted by Crippen LogP contribution is 2.35. The van der Waals surface area contributed by atoms with Crippen molar-refractivity contribution in [1.29, 1.82) is 0 Å². The average molecular weight is 301 g/mol. The van der Waals surface area contributed by atoms with Gasteiger partial charge in [0.1, 0.15) is 0 Å². The molecule has 19 heavy (non-hydrogen) atoms. The van der Waals surface area contributed by atoms with Gasteiger partial charge in [0.2, 0.25) is 5.91 Å². The van der Waals surface area contributed by atoms with Gasteiger partial charge in [0.15, 0.2) is 0 Å². The largest absolute Gasteiger partial charge is 0.398 e. The number of thioether (sulfide) groups is 1. The van der Waals surface area contributed by atoms with E-state index in [0.29, 0.717) is 10.7 Å². The Bertz CT molecular complexity index is 406. The van der Waals surface area contributed by atoms with E-state index in [1.165, 1.54) is 11.8 Å². The molecule has 0 saturated carbocycles. The third-order valence-electron chi connectivity index (χ3n) is 2.74. The molecular weight excluding hydrogens is 280 g/mol. The Hall–Kier alpha value is -0.870. The first kappa shape index (κ1) is 16.2. The highest BCUT2D eigenvalue weighted by molar-refractivity contribution is 8.00. The van der Waals surface area contributed by atoms with Gasteiger partial charge in [-0.15, -0.1) is 11.8 Å². The lowest BCUT2D eigenvalue weighted by molar-refractivity contribution is -0.120. The number of nitrogens with two attached hydrogens (primary N) is 1. The van der Waals surface area contributed by atoms with E-state index in [-0.39, 0.29) is 11.2 Å². The molecule has 5 heteroatoms. The summed E-state index contributed by atoms with van der Waals surface area (Å²) in [7, 11) is 0. The van der Waals surface area contributed by atoms with Crippen molar-refractivity contribution in [3.05, 3.63) is 23.2 Å². The second kappa shape index (κ2) is 8.33. The fourth-order valence-corrected chi connectivity index (χ4v) is 2.85. The lowest BCUT2D eigenvalue weighted by atomic mass is 10.2. The van der Waals surface area contributed by atoms with Gasteiger partial charge in [-0.25, -0.2) is 0 Å². The SMILES string of the molecule is CCCCCNC(=O)C(C)Sc1c(N)cccc1Cl. The van der Waals surface area contributed by atoms with Crippen LogP contribution in [0.4, 0.5) is 5.69 Å². The van der Waals surface area contributed by atoms with E-state index in [9.17, 15) is 4.79 Å². The number of rotatable bonds is 7. The minimum Gasteiger partial charge on any atom is -0.398 e. The highest BCUT2D eigenvalue weighted by Gasteiger charge is 2.16. The Labute approximate surface area is 124 Å². The number of carbonyl (C=O) groups excluding carboxylic acids is 1. The molecule has 1 atom stereocenters. The summed E-state index contributed by atoms with van der Waals surface area (Å²) in [5, 5.41) is 3.32. The molecule has 0 saturated heterocycles. The van der Waals surface area contributed by atoms with Crippen molar-refractivity contribution in [1.82, 2.24) is 5.32 Å². The van der Waals surface area contributed by atoms with Crippen LogP contribution >= 0.6 is 23.4 Å². The number of unbranched alkanes of at least 4 members (excludes halogenated alkanes) is 2. The fraction of sp³-hybridized carbons (Fsp3) is 0.500. The van der Waals surface area contributed by atoms with E-state index in [2.05, 4.69) is 12.2 Å². The number of amides is 1. The lowest BCUT2D eigenvalue weighted by Crippen LogP contribution is -2.31. The third-order valence-corrected chi connectivity index (χ3v) is 4.43. The van der Waals surface area contributed by atoms with Crippen molar-refractivity contribution in [2.24, 2.45) is 0 Å². The molecule has 0 aliphatic carbocycles. The number of benzene rings is 1. The fourth-order valence-electron chi connectivity index (χ4n) is 1.61. The molecular formula is C14H21ClN2OS. The first-order valence-electron chi connectivity index (χ1n) is 6.54. The van der Waals surface area contributed by atoms with Crippen molar-refractivity contribution in [3.8, 4) is 0 Å². The summed E-state index contributed by atoms with van der Waals surface area (Å²) in [6.07, 6.45) is 3.31. The number of nitrogens with one attached hydrogen (secondary N) is 1. The first-order chi connectivity index (χ1) is 9.06. The molecule has 0 aliphatic heterocycles. The first-order valence-corrected chi connectivity index (χ1v) is 7.80. The summed E-state index contributed by atoms with van der Waals surface area (Å²) >= 11 is 7.49. The highest BCUT2D eigenvalue weighted by atomic mass is 35.5. The number of nitrogen functional groups attached to an aromatic ring is 1. The van der Waals surface area contributed by atoms with Crippen LogP contribution in [0.25, 0.3) is 0 Å². The summed E-state index contributed by atoms with van der Waals surface area (Å²) in [4.78, 5) is 12.7. The van der Waals surface area contributed by atoms with Crippen molar-refractivity contribution >= 4 is 35.0 Å². The zero-order valence-corrected chi connectivity index (χ0v) is 13.0. The molecule has 1 rings (SSSR count). The van der Waals surface area contributed by atoms with Crippen LogP contribution in [-0.2, 0) is 4.79 Å². The van der Waals surface area contributed by atoms with Crippen LogP contribution in [0, 0.1) is 0 Å². The maximum atomic E-state index is 11.9. The Balaban J connectivity index is 2.50. The van der Waals surface area contributed by atoms with Gasteiger partial charge in [-0.3, -0.25) is 4.79 Å². The maximum absolute atomic E-state index is 11.9. The van der Waals surface area contributed by atoms with E-state index >= 15 is 0 Å².